The molecule has 1 aliphatic rings. The van der Waals surface area contributed by atoms with E-state index >= 15 is 0 Å². The van der Waals surface area contributed by atoms with Crippen LogP contribution in [0.3, 0.4) is 0 Å². The Morgan fingerprint density at radius 1 is 1.10 bits per heavy atom. The normalized spacial score (nSPS) is 21.4. The fourth-order valence-electron chi connectivity index (χ4n) is 2.75. The number of anilines is 1. The summed E-state index contributed by atoms with van der Waals surface area (Å²) in [6, 6.07) is 16.0. The molecule has 1 saturated carbocycles. The molecule has 20 heavy (non-hydrogen) atoms. The van der Waals surface area contributed by atoms with Crippen LogP contribution in [0.5, 0.6) is 0 Å². The summed E-state index contributed by atoms with van der Waals surface area (Å²) in [6.45, 7) is 2.18. The Balaban J connectivity index is 1.59. The number of nitrogens with one attached hydrogen (secondary N) is 1. The molecule has 0 atom stereocenters. The van der Waals surface area contributed by atoms with E-state index in [1.807, 2.05) is 0 Å². The molecule has 0 amide bonds. The molecule has 1 nitrogen and oxygen atoms in total. The van der Waals surface area contributed by atoms with Crippen LogP contribution in [0, 0.1) is 10.5 Å². The van der Waals surface area contributed by atoms with Crippen molar-refractivity contribution in [3.05, 3.63) is 61.6 Å². The van der Waals surface area contributed by atoms with Gasteiger partial charge in [-0.2, -0.15) is 0 Å². The first-order valence-electron chi connectivity index (χ1n) is 6.90. The third kappa shape index (κ3) is 3.19. The molecule has 0 aromatic heterocycles. The lowest BCUT2D eigenvalue weighted by Gasteiger charge is -2.37. The maximum atomic E-state index is 3.67. The molecule has 3 rings (SSSR count). The first-order valence-corrected chi connectivity index (χ1v) is 8.77. The predicted molar refractivity (Wildman–Crippen MR) is 97.4 cm³/mol. The molecular formula is C17H17BrIN. The predicted octanol–water partition coefficient (Wildman–Crippen LogP) is 5.72. The van der Waals surface area contributed by atoms with Gasteiger partial charge in [-0.15, -0.1) is 0 Å². The molecule has 104 valence electrons. The van der Waals surface area contributed by atoms with Crippen LogP contribution in [-0.2, 0) is 0 Å². The van der Waals surface area contributed by atoms with Crippen LogP contribution in [0.2, 0.25) is 0 Å². The smallest absolute Gasteiger partial charge is 0.0372 e. The van der Waals surface area contributed by atoms with Gasteiger partial charge < -0.3 is 5.32 Å². The minimum atomic E-state index is 0.613. The molecule has 0 bridgehead atoms. The number of benzene rings is 2. The second kappa shape index (κ2) is 6.06. The molecule has 0 heterocycles. The van der Waals surface area contributed by atoms with Crippen molar-refractivity contribution < 1.29 is 0 Å². The van der Waals surface area contributed by atoms with Crippen LogP contribution in [0.4, 0.5) is 5.69 Å². The summed E-state index contributed by atoms with van der Waals surface area (Å²) < 4.78 is 2.46. The molecular weight excluding hydrogens is 425 g/mol. The zero-order chi connectivity index (χ0) is 14.1. The van der Waals surface area contributed by atoms with Gasteiger partial charge in [0.2, 0.25) is 0 Å². The van der Waals surface area contributed by atoms with E-state index in [-0.39, 0.29) is 0 Å². The Kier molecular flexibility index (Phi) is 4.36. The first kappa shape index (κ1) is 14.4. The van der Waals surface area contributed by atoms with Gasteiger partial charge in [0, 0.05) is 19.8 Å². The Morgan fingerprint density at radius 3 is 2.45 bits per heavy atom. The highest BCUT2D eigenvalue weighted by Gasteiger charge is 2.30. The van der Waals surface area contributed by atoms with E-state index in [1.165, 1.54) is 33.2 Å². The van der Waals surface area contributed by atoms with E-state index in [4.69, 9.17) is 0 Å². The van der Waals surface area contributed by atoms with Gasteiger partial charge >= 0.3 is 0 Å². The number of hydrogen-bond acceptors (Lipinski definition) is 1. The van der Waals surface area contributed by atoms with Crippen molar-refractivity contribution in [1.82, 2.24) is 0 Å². The summed E-state index contributed by atoms with van der Waals surface area (Å²) in [5.74, 6) is 0.713. The number of hydrogen-bond donors (Lipinski definition) is 1. The molecule has 2 aromatic carbocycles. The van der Waals surface area contributed by atoms with Crippen molar-refractivity contribution in [3.8, 4) is 0 Å². The number of aryl methyl sites for hydroxylation is 1. The molecule has 1 N–H and O–H groups in total. The molecule has 0 radical (unpaired) electrons. The largest absolute Gasteiger partial charge is 0.382 e. The van der Waals surface area contributed by atoms with Gasteiger partial charge in [-0.1, -0.05) is 28.1 Å². The Hall–Kier alpha value is -0.550. The van der Waals surface area contributed by atoms with Crippen LogP contribution in [0.15, 0.2) is 46.9 Å². The maximum absolute atomic E-state index is 3.67. The van der Waals surface area contributed by atoms with Gasteiger partial charge in [0.05, 0.1) is 0 Å². The minimum absolute atomic E-state index is 0.613. The minimum Gasteiger partial charge on any atom is -0.382 e. The monoisotopic (exact) mass is 441 g/mol. The topological polar surface area (TPSA) is 12.0 Å². The van der Waals surface area contributed by atoms with Crippen LogP contribution < -0.4 is 5.32 Å². The second-order valence-corrected chi connectivity index (χ2v) is 7.68. The van der Waals surface area contributed by atoms with Gasteiger partial charge in [0.1, 0.15) is 0 Å². The quantitative estimate of drug-likeness (QED) is 0.600. The van der Waals surface area contributed by atoms with E-state index in [2.05, 4.69) is 93.2 Å². The van der Waals surface area contributed by atoms with Crippen LogP contribution in [0.25, 0.3) is 0 Å². The molecule has 3 heteroatoms. The molecule has 0 saturated heterocycles. The molecule has 1 aliphatic carbocycles. The van der Waals surface area contributed by atoms with Gasteiger partial charge in [0.15, 0.2) is 0 Å². The molecule has 2 aromatic rings. The summed E-state index contributed by atoms with van der Waals surface area (Å²) in [5.41, 5.74) is 4.08. The zero-order valence-corrected chi connectivity index (χ0v) is 15.1. The van der Waals surface area contributed by atoms with Gasteiger partial charge in [-0.3, -0.25) is 0 Å². The molecule has 0 unspecified atom stereocenters. The average Bonchev–Trinajstić information content (AvgIpc) is 2.37. The van der Waals surface area contributed by atoms with Gasteiger partial charge in [0.25, 0.3) is 0 Å². The molecule has 1 fully saturated rings. The van der Waals surface area contributed by atoms with E-state index in [0.717, 1.165) is 4.47 Å². The fraction of sp³-hybridized carbons (Fsp3) is 0.294. The first-order chi connectivity index (χ1) is 9.61. The highest BCUT2D eigenvalue weighted by atomic mass is 127. The molecule has 0 spiro atoms. The third-order valence-electron chi connectivity index (χ3n) is 4.03. The highest BCUT2D eigenvalue weighted by Crippen LogP contribution is 2.39. The SMILES string of the molecule is Cc1cc(I)ccc1NC1CC(c2ccc(Br)cc2)C1. The van der Waals surface area contributed by atoms with Crippen molar-refractivity contribution in [3.63, 3.8) is 0 Å². The van der Waals surface area contributed by atoms with Crippen molar-refractivity contribution in [2.24, 2.45) is 0 Å². The average molecular weight is 442 g/mol. The lowest BCUT2D eigenvalue weighted by atomic mass is 9.76. The van der Waals surface area contributed by atoms with Crippen molar-refractivity contribution >= 4 is 44.2 Å². The number of halogens is 2. The summed E-state index contributed by atoms with van der Waals surface area (Å²) in [7, 11) is 0. The van der Waals surface area contributed by atoms with Crippen molar-refractivity contribution in [2.45, 2.75) is 31.7 Å². The summed E-state index contributed by atoms with van der Waals surface area (Å²) in [6.07, 6.45) is 2.46. The maximum Gasteiger partial charge on any atom is 0.0372 e. The Bertz CT molecular complexity index is 603. The van der Waals surface area contributed by atoms with E-state index in [9.17, 15) is 0 Å². The summed E-state index contributed by atoms with van der Waals surface area (Å²) in [5, 5.41) is 3.67. The third-order valence-corrected chi connectivity index (χ3v) is 5.23. The summed E-state index contributed by atoms with van der Waals surface area (Å²) >= 11 is 5.85. The van der Waals surface area contributed by atoms with E-state index < -0.39 is 0 Å². The van der Waals surface area contributed by atoms with Crippen LogP contribution >= 0.6 is 38.5 Å². The van der Waals surface area contributed by atoms with E-state index in [0.29, 0.717) is 12.0 Å². The zero-order valence-electron chi connectivity index (χ0n) is 11.4. The highest BCUT2D eigenvalue weighted by molar-refractivity contribution is 14.1. The van der Waals surface area contributed by atoms with Crippen LogP contribution in [-0.4, -0.2) is 6.04 Å². The standard InChI is InChI=1S/C17H17BrIN/c1-11-8-15(19)6-7-17(11)20-16-9-13(10-16)12-2-4-14(18)5-3-12/h2-8,13,16,20H,9-10H2,1H3. The van der Waals surface area contributed by atoms with Crippen molar-refractivity contribution in [1.29, 1.82) is 0 Å². The summed E-state index contributed by atoms with van der Waals surface area (Å²) in [4.78, 5) is 0. The molecule has 0 aliphatic heterocycles. The van der Waals surface area contributed by atoms with Gasteiger partial charge in [-0.25, -0.2) is 0 Å². The lowest BCUT2D eigenvalue weighted by molar-refractivity contribution is 0.374. The second-order valence-electron chi connectivity index (χ2n) is 5.52. The van der Waals surface area contributed by atoms with Crippen LogP contribution in [0.1, 0.15) is 29.9 Å². The Labute approximate surface area is 142 Å². The van der Waals surface area contributed by atoms with E-state index in [1.54, 1.807) is 0 Å². The van der Waals surface area contributed by atoms with Gasteiger partial charge in [-0.05, 0) is 89.7 Å². The Morgan fingerprint density at radius 2 is 1.80 bits per heavy atom. The fourth-order valence-corrected chi connectivity index (χ4v) is 3.66. The van der Waals surface area contributed by atoms with Crippen molar-refractivity contribution in [2.75, 3.05) is 5.32 Å². The number of rotatable bonds is 3. The lowest BCUT2D eigenvalue weighted by Crippen LogP contribution is -2.34.